The Hall–Kier alpha value is -1.72. The summed E-state index contributed by atoms with van der Waals surface area (Å²) in [4.78, 5) is 15.2. The fraction of sp³-hybridized carbons (Fsp3) is 0.385. The van der Waals surface area contributed by atoms with E-state index in [2.05, 4.69) is 4.98 Å². The Kier molecular flexibility index (Phi) is 4.44. The van der Waals surface area contributed by atoms with Crippen molar-refractivity contribution in [3.8, 4) is 0 Å². The van der Waals surface area contributed by atoms with Crippen LogP contribution in [-0.2, 0) is 16.0 Å². The Balaban J connectivity index is 2.06. The van der Waals surface area contributed by atoms with Gasteiger partial charge in [-0.15, -0.1) is 0 Å². The quantitative estimate of drug-likeness (QED) is 0.550. The van der Waals surface area contributed by atoms with Crippen molar-refractivity contribution in [1.29, 1.82) is 0 Å². The van der Waals surface area contributed by atoms with Gasteiger partial charge >= 0.3 is 0 Å². The number of rotatable bonds is 7. The zero-order valence-electron chi connectivity index (χ0n) is 10.3. The first-order chi connectivity index (χ1) is 8.86. The van der Waals surface area contributed by atoms with E-state index in [9.17, 15) is 4.79 Å². The van der Waals surface area contributed by atoms with E-state index in [4.69, 9.17) is 9.47 Å². The van der Waals surface area contributed by atoms with Gasteiger partial charge in [-0.2, -0.15) is 0 Å². The average Bonchev–Trinajstić information content (AvgIpc) is 2.77. The lowest BCUT2D eigenvalue weighted by Gasteiger charge is -2.05. The molecular weight excluding hydrogens is 232 g/mol. The Morgan fingerprint density at radius 1 is 1.39 bits per heavy atom. The molecule has 0 spiro atoms. The average molecular weight is 248 g/mol. The van der Waals surface area contributed by atoms with E-state index in [0.717, 1.165) is 17.3 Å². The van der Waals surface area contributed by atoms with Gasteiger partial charge in [0.2, 0.25) is 0 Å². The zero-order valence-corrected chi connectivity index (χ0v) is 10.3. The van der Waals surface area contributed by atoms with Gasteiger partial charge in [0.1, 0.15) is 5.65 Å². The molecule has 0 aliphatic carbocycles. The van der Waals surface area contributed by atoms with E-state index in [1.54, 1.807) is 13.3 Å². The Morgan fingerprint density at radius 2 is 2.28 bits per heavy atom. The van der Waals surface area contributed by atoms with Crippen LogP contribution in [0.5, 0.6) is 0 Å². The fourth-order valence-electron chi connectivity index (χ4n) is 1.82. The van der Waals surface area contributed by atoms with Gasteiger partial charge in [0.05, 0.1) is 19.8 Å². The molecule has 0 bridgehead atoms. The van der Waals surface area contributed by atoms with E-state index in [1.165, 1.54) is 0 Å². The molecule has 0 atom stereocenters. The number of aldehydes is 1. The third-order valence-corrected chi connectivity index (χ3v) is 2.70. The molecule has 2 aromatic rings. The molecule has 0 amide bonds. The second kappa shape index (κ2) is 6.28. The molecule has 5 heteroatoms. The van der Waals surface area contributed by atoms with Crippen LogP contribution in [0.25, 0.3) is 11.0 Å². The number of ether oxygens (including phenoxy) is 2. The molecule has 0 saturated heterocycles. The minimum absolute atomic E-state index is 0.571. The number of hydrogen-bond acceptors (Lipinski definition) is 4. The summed E-state index contributed by atoms with van der Waals surface area (Å²) in [5, 5.41) is 0.879. The van der Waals surface area contributed by atoms with Crippen molar-refractivity contribution in [3.05, 3.63) is 30.1 Å². The highest BCUT2D eigenvalue weighted by atomic mass is 16.5. The van der Waals surface area contributed by atoms with Crippen LogP contribution in [0.15, 0.2) is 24.5 Å². The van der Waals surface area contributed by atoms with Gasteiger partial charge in [0.15, 0.2) is 6.29 Å². The predicted molar refractivity (Wildman–Crippen MR) is 67.8 cm³/mol. The molecule has 2 aromatic heterocycles. The maximum absolute atomic E-state index is 11.0. The summed E-state index contributed by atoms with van der Waals surface area (Å²) in [5.41, 5.74) is 1.48. The summed E-state index contributed by atoms with van der Waals surface area (Å²) < 4.78 is 12.2. The highest BCUT2D eigenvalue weighted by molar-refractivity contribution is 5.95. The lowest BCUT2D eigenvalue weighted by Crippen LogP contribution is -2.08. The largest absolute Gasteiger partial charge is 0.382 e. The minimum Gasteiger partial charge on any atom is -0.382 e. The van der Waals surface area contributed by atoms with Crippen molar-refractivity contribution < 1.29 is 14.3 Å². The van der Waals surface area contributed by atoms with Crippen molar-refractivity contribution in [2.75, 3.05) is 26.9 Å². The summed E-state index contributed by atoms with van der Waals surface area (Å²) >= 11 is 0. The third kappa shape index (κ3) is 2.75. The molecule has 0 saturated carbocycles. The number of carbonyl (C=O) groups is 1. The van der Waals surface area contributed by atoms with E-state index in [-0.39, 0.29) is 0 Å². The van der Waals surface area contributed by atoms with E-state index < -0.39 is 0 Å². The second-order valence-corrected chi connectivity index (χ2v) is 3.88. The molecule has 0 aromatic carbocycles. The van der Waals surface area contributed by atoms with E-state index in [0.29, 0.717) is 31.9 Å². The van der Waals surface area contributed by atoms with Crippen LogP contribution >= 0.6 is 0 Å². The van der Waals surface area contributed by atoms with E-state index in [1.807, 2.05) is 22.9 Å². The first-order valence-corrected chi connectivity index (χ1v) is 5.82. The number of fused-ring (bicyclic) bond motifs is 1. The van der Waals surface area contributed by atoms with Crippen molar-refractivity contribution >= 4 is 17.3 Å². The van der Waals surface area contributed by atoms with Crippen LogP contribution in [0, 0.1) is 0 Å². The van der Waals surface area contributed by atoms with Crippen molar-refractivity contribution in [1.82, 2.24) is 9.55 Å². The molecule has 5 nitrogen and oxygen atoms in total. The number of pyridine rings is 1. The first kappa shape index (κ1) is 12.7. The lowest BCUT2D eigenvalue weighted by atomic mass is 10.2. The van der Waals surface area contributed by atoms with Crippen molar-refractivity contribution in [2.24, 2.45) is 0 Å². The van der Waals surface area contributed by atoms with Gasteiger partial charge in [-0.25, -0.2) is 4.98 Å². The molecule has 0 N–H and O–H groups in total. The van der Waals surface area contributed by atoms with Crippen LogP contribution in [0.4, 0.5) is 0 Å². The molecule has 2 rings (SSSR count). The summed E-state index contributed by atoms with van der Waals surface area (Å²) in [6.45, 7) is 2.40. The van der Waals surface area contributed by atoms with Gasteiger partial charge < -0.3 is 14.0 Å². The molecule has 0 unspecified atom stereocenters. The van der Waals surface area contributed by atoms with Crippen molar-refractivity contribution in [3.63, 3.8) is 0 Å². The normalized spacial score (nSPS) is 10.9. The second-order valence-electron chi connectivity index (χ2n) is 3.88. The van der Waals surface area contributed by atoms with Crippen molar-refractivity contribution in [2.45, 2.75) is 6.54 Å². The lowest BCUT2D eigenvalue weighted by molar-refractivity contribution is 0.0669. The van der Waals surface area contributed by atoms with Crippen LogP contribution in [-0.4, -0.2) is 42.8 Å². The summed E-state index contributed by atoms with van der Waals surface area (Å²) in [6.07, 6.45) is 4.38. The van der Waals surface area contributed by atoms with Gasteiger partial charge in [-0.3, -0.25) is 4.79 Å². The van der Waals surface area contributed by atoms with E-state index >= 15 is 0 Å². The summed E-state index contributed by atoms with van der Waals surface area (Å²) in [7, 11) is 1.64. The molecule has 0 aliphatic heterocycles. The molecule has 96 valence electrons. The Bertz CT molecular complexity index is 522. The first-order valence-electron chi connectivity index (χ1n) is 5.82. The number of methoxy groups -OCH3 is 1. The zero-order chi connectivity index (χ0) is 12.8. The van der Waals surface area contributed by atoms with Gasteiger partial charge in [0, 0.05) is 37.0 Å². The SMILES string of the molecule is COCCOCCn1cc(C=O)c2cccnc21. The molecule has 0 fully saturated rings. The number of hydrogen-bond donors (Lipinski definition) is 0. The highest BCUT2D eigenvalue weighted by Crippen LogP contribution is 2.17. The van der Waals surface area contributed by atoms with Crippen LogP contribution in [0.1, 0.15) is 10.4 Å². The predicted octanol–water partition coefficient (Wildman–Crippen LogP) is 1.51. The molecule has 0 aliphatic rings. The maximum Gasteiger partial charge on any atom is 0.152 e. The monoisotopic (exact) mass is 248 g/mol. The van der Waals surface area contributed by atoms with Gasteiger partial charge in [0.25, 0.3) is 0 Å². The van der Waals surface area contributed by atoms with Crippen LogP contribution < -0.4 is 0 Å². The van der Waals surface area contributed by atoms with Gasteiger partial charge in [-0.1, -0.05) is 0 Å². The molecular formula is C13H16N2O3. The molecule has 0 radical (unpaired) electrons. The smallest absolute Gasteiger partial charge is 0.152 e. The number of carbonyl (C=O) groups excluding carboxylic acids is 1. The summed E-state index contributed by atoms with van der Waals surface area (Å²) in [6, 6.07) is 3.73. The highest BCUT2D eigenvalue weighted by Gasteiger charge is 2.07. The topological polar surface area (TPSA) is 53.4 Å². The summed E-state index contributed by atoms with van der Waals surface area (Å²) in [5.74, 6) is 0. The number of nitrogens with zero attached hydrogens (tertiary/aromatic N) is 2. The van der Waals surface area contributed by atoms with Gasteiger partial charge in [-0.05, 0) is 12.1 Å². The minimum atomic E-state index is 0.571. The maximum atomic E-state index is 11.0. The van der Waals surface area contributed by atoms with Crippen LogP contribution in [0.2, 0.25) is 0 Å². The standard InChI is InChI=1S/C13H16N2O3/c1-17-7-8-18-6-5-15-9-11(10-16)12-3-2-4-14-13(12)15/h2-4,9-10H,5-8H2,1H3. The third-order valence-electron chi connectivity index (χ3n) is 2.70. The molecule has 18 heavy (non-hydrogen) atoms. The Morgan fingerprint density at radius 3 is 3.06 bits per heavy atom. The Labute approximate surface area is 105 Å². The van der Waals surface area contributed by atoms with Crippen LogP contribution in [0.3, 0.4) is 0 Å². The number of aromatic nitrogens is 2. The molecule has 2 heterocycles. The fourth-order valence-corrected chi connectivity index (χ4v) is 1.82.